The maximum absolute atomic E-state index is 13.8. The van der Waals surface area contributed by atoms with Crippen LogP contribution in [0.4, 0.5) is 24.5 Å². The summed E-state index contributed by atoms with van der Waals surface area (Å²) in [5.41, 5.74) is 1.59. The average Bonchev–Trinajstić information content (AvgIpc) is 3.19. The second kappa shape index (κ2) is 9.13. The Hall–Kier alpha value is -3.75. The fourth-order valence-electron chi connectivity index (χ4n) is 5.08. The molecule has 2 aliphatic rings. The van der Waals surface area contributed by atoms with Gasteiger partial charge in [0.25, 0.3) is 0 Å². The molecule has 0 saturated carbocycles. The predicted octanol–water partition coefficient (Wildman–Crippen LogP) is 3.82. The largest absolute Gasteiger partial charge is 0.506 e. The van der Waals surface area contributed by atoms with Gasteiger partial charge in [-0.1, -0.05) is 0 Å². The zero-order valence-electron chi connectivity index (χ0n) is 18.9. The molecule has 1 aromatic heterocycles. The molecule has 35 heavy (non-hydrogen) atoms. The average molecular weight is 483 g/mol. The van der Waals surface area contributed by atoms with Crippen LogP contribution >= 0.6 is 0 Å². The Morgan fingerprint density at radius 2 is 1.71 bits per heavy atom. The normalized spacial score (nSPS) is 18.5. The number of pyridine rings is 1. The third-order valence-corrected chi connectivity index (χ3v) is 6.93. The molecule has 9 heteroatoms. The van der Waals surface area contributed by atoms with Gasteiger partial charge in [0.1, 0.15) is 23.2 Å². The van der Waals surface area contributed by atoms with Crippen LogP contribution in [-0.4, -0.2) is 53.6 Å². The molecule has 0 aliphatic carbocycles. The third kappa shape index (κ3) is 4.89. The lowest BCUT2D eigenvalue weighted by Gasteiger charge is -2.52. The first kappa shape index (κ1) is 23.0. The van der Waals surface area contributed by atoms with Crippen LogP contribution in [0.15, 0.2) is 60.8 Å². The number of rotatable bonds is 6. The summed E-state index contributed by atoms with van der Waals surface area (Å²) in [4.78, 5) is 20.9. The van der Waals surface area contributed by atoms with Gasteiger partial charge in [-0.3, -0.25) is 9.78 Å². The molecule has 2 fully saturated rings. The summed E-state index contributed by atoms with van der Waals surface area (Å²) in [5, 5.41) is 12.8. The smallest absolute Gasteiger partial charge is 0.228 e. The van der Waals surface area contributed by atoms with E-state index in [2.05, 4.69) is 10.3 Å². The minimum absolute atomic E-state index is 0.0385. The van der Waals surface area contributed by atoms with Gasteiger partial charge in [-0.05, 0) is 48.5 Å². The molecule has 3 heterocycles. The van der Waals surface area contributed by atoms with Gasteiger partial charge in [0.15, 0.2) is 0 Å². The van der Waals surface area contributed by atoms with E-state index in [1.54, 1.807) is 18.2 Å². The van der Waals surface area contributed by atoms with E-state index < -0.39 is 11.6 Å². The Morgan fingerprint density at radius 3 is 2.37 bits per heavy atom. The number of anilines is 2. The van der Waals surface area contributed by atoms with Crippen LogP contribution in [0.3, 0.4) is 0 Å². The number of halogens is 3. The van der Waals surface area contributed by atoms with Gasteiger partial charge in [0.2, 0.25) is 5.91 Å². The SMILES string of the molecule is O=C(Cc1ccc(O)cn1)N1CC(CNc2ccc(F)cc2)C2(C1)CN(c1cc(F)cc(F)c1)C2. The van der Waals surface area contributed by atoms with Crippen LogP contribution in [0, 0.1) is 28.8 Å². The number of benzene rings is 2. The highest BCUT2D eigenvalue weighted by Crippen LogP contribution is 2.46. The standard InChI is InChI=1S/C26H25F3N4O2/c27-18-1-3-21(4-2-18)30-11-17-13-32(25(35)10-22-5-6-24(34)12-31-22)14-26(17)15-33(16-26)23-8-19(28)7-20(29)9-23/h1-9,12,17,30,34H,10-11,13-16H2. The van der Waals surface area contributed by atoms with E-state index in [0.717, 1.165) is 11.8 Å². The number of aromatic hydroxyl groups is 1. The van der Waals surface area contributed by atoms with Gasteiger partial charge < -0.3 is 20.2 Å². The fourth-order valence-corrected chi connectivity index (χ4v) is 5.08. The highest BCUT2D eigenvalue weighted by atomic mass is 19.1. The van der Waals surface area contributed by atoms with Crippen LogP contribution in [0.5, 0.6) is 5.75 Å². The molecular weight excluding hydrogens is 457 g/mol. The lowest BCUT2D eigenvalue weighted by atomic mass is 9.71. The second-order valence-electron chi connectivity index (χ2n) is 9.39. The van der Waals surface area contributed by atoms with Crippen LogP contribution in [0.25, 0.3) is 0 Å². The maximum atomic E-state index is 13.8. The van der Waals surface area contributed by atoms with Crippen molar-refractivity contribution in [2.45, 2.75) is 6.42 Å². The molecule has 2 aliphatic heterocycles. The first-order chi connectivity index (χ1) is 16.8. The molecule has 1 unspecified atom stereocenters. The second-order valence-corrected chi connectivity index (χ2v) is 9.39. The Morgan fingerprint density at radius 1 is 1.00 bits per heavy atom. The van der Waals surface area contributed by atoms with Crippen molar-refractivity contribution in [2.75, 3.05) is 42.9 Å². The molecule has 5 rings (SSSR count). The van der Waals surface area contributed by atoms with E-state index >= 15 is 0 Å². The summed E-state index contributed by atoms with van der Waals surface area (Å²) in [5.74, 6) is -1.51. The van der Waals surface area contributed by atoms with Crippen LogP contribution in [0.1, 0.15) is 5.69 Å². The van der Waals surface area contributed by atoms with Gasteiger partial charge in [-0.15, -0.1) is 0 Å². The fraction of sp³-hybridized carbons (Fsp3) is 0.308. The molecule has 1 spiro atoms. The van der Waals surface area contributed by atoms with Gasteiger partial charge in [0.05, 0.1) is 12.6 Å². The number of hydrogen-bond acceptors (Lipinski definition) is 5. The number of likely N-dealkylation sites (tertiary alicyclic amines) is 1. The van der Waals surface area contributed by atoms with E-state index in [4.69, 9.17) is 0 Å². The zero-order chi connectivity index (χ0) is 24.6. The lowest BCUT2D eigenvalue weighted by molar-refractivity contribution is -0.130. The van der Waals surface area contributed by atoms with Crippen molar-refractivity contribution >= 4 is 17.3 Å². The first-order valence-corrected chi connectivity index (χ1v) is 11.4. The minimum atomic E-state index is -0.625. The van der Waals surface area contributed by atoms with Crippen LogP contribution in [0.2, 0.25) is 0 Å². The third-order valence-electron chi connectivity index (χ3n) is 6.93. The number of carbonyl (C=O) groups is 1. The highest BCUT2D eigenvalue weighted by Gasteiger charge is 2.55. The van der Waals surface area contributed by atoms with E-state index in [1.807, 2.05) is 9.80 Å². The van der Waals surface area contributed by atoms with Crippen molar-refractivity contribution in [3.63, 3.8) is 0 Å². The molecule has 1 amide bonds. The molecule has 0 bridgehead atoms. The van der Waals surface area contributed by atoms with E-state index in [0.29, 0.717) is 44.1 Å². The molecule has 3 aromatic rings. The summed E-state index contributed by atoms with van der Waals surface area (Å²) in [6, 6.07) is 12.7. The summed E-state index contributed by atoms with van der Waals surface area (Å²) < 4.78 is 40.8. The van der Waals surface area contributed by atoms with Crippen molar-refractivity contribution in [1.82, 2.24) is 9.88 Å². The molecule has 6 nitrogen and oxygen atoms in total. The predicted molar refractivity (Wildman–Crippen MR) is 126 cm³/mol. The number of hydrogen-bond donors (Lipinski definition) is 2. The van der Waals surface area contributed by atoms with Crippen molar-refractivity contribution in [2.24, 2.45) is 11.3 Å². The number of carbonyl (C=O) groups excluding carboxylic acids is 1. The zero-order valence-corrected chi connectivity index (χ0v) is 18.9. The number of nitrogens with zero attached hydrogens (tertiary/aromatic N) is 3. The van der Waals surface area contributed by atoms with Crippen molar-refractivity contribution in [3.8, 4) is 5.75 Å². The van der Waals surface area contributed by atoms with E-state index in [9.17, 15) is 23.1 Å². The maximum Gasteiger partial charge on any atom is 0.228 e. The highest BCUT2D eigenvalue weighted by molar-refractivity contribution is 5.79. The summed E-state index contributed by atoms with van der Waals surface area (Å²) in [7, 11) is 0. The molecule has 1 atom stereocenters. The summed E-state index contributed by atoms with van der Waals surface area (Å²) >= 11 is 0. The van der Waals surface area contributed by atoms with Gasteiger partial charge in [0, 0.05) is 67.2 Å². The number of amides is 1. The first-order valence-electron chi connectivity index (χ1n) is 11.4. The monoisotopic (exact) mass is 482 g/mol. The minimum Gasteiger partial charge on any atom is -0.506 e. The van der Waals surface area contributed by atoms with Crippen molar-refractivity contribution in [3.05, 3.63) is 83.9 Å². The lowest BCUT2D eigenvalue weighted by Crippen LogP contribution is -2.61. The van der Waals surface area contributed by atoms with E-state index in [1.165, 1.54) is 36.5 Å². The summed E-state index contributed by atoms with van der Waals surface area (Å²) in [6.07, 6.45) is 1.43. The topological polar surface area (TPSA) is 68.7 Å². The van der Waals surface area contributed by atoms with Gasteiger partial charge >= 0.3 is 0 Å². The van der Waals surface area contributed by atoms with Crippen molar-refractivity contribution < 1.29 is 23.1 Å². The Balaban J connectivity index is 1.31. The van der Waals surface area contributed by atoms with Crippen LogP contribution < -0.4 is 10.2 Å². The molecule has 2 aromatic carbocycles. The molecule has 2 N–H and O–H groups in total. The quantitative estimate of drug-likeness (QED) is 0.559. The van der Waals surface area contributed by atoms with Crippen molar-refractivity contribution in [1.29, 1.82) is 0 Å². The Labute approximate surface area is 201 Å². The Bertz CT molecular complexity index is 1190. The molecular formula is C26H25F3N4O2. The molecule has 2 saturated heterocycles. The summed E-state index contributed by atoms with van der Waals surface area (Å²) in [6.45, 7) is 2.74. The van der Waals surface area contributed by atoms with Gasteiger partial charge in [-0.2, -0.15) is 0 Å². The Kier molecular flexibility index (Phi) is 6.00. The molecule has 0 radical (unpaired) electrons. The van der Waals surface area contributed by atoms with Crippen LogP contribution in [-0.2, 0) is 11.2 Å². The number of nitrogens with one attached hydrogen (secondary N) is 1. The molecule has 182 valence electrons. The number of aromatic nitrogens is 1. The van der Waals surface area contributed by atoms with Gasteiger partial charge in [-0.25, -0.2) is 13.2 Å². The van der Waals surface area contributed by atoms with E-state index in [-0.39, 0.29) is 35.2 Å².